The Labute approximate surface area is 164 Å². The fourth-order valence-corrected chi connectivity index (χ4v) is 5.35. The van der Waals surface area contributed by atoms with Crippen LogP contribution in [0.1, 0.15) is 43.2 Å². The van der Waals surface area contributed by atoms with E-state index >= 15 is 0 Å². The summed E-state index contributed by atoms with van der Waals surface area (Å²) in [5.41, 5.74) is 1.41. The van der Waals surface area contributed by atoms with Crippen LogP contribution in [-0.2, 0) is 10.0 Å². The van der Waals surface area contributed by atoms with Crippen molar-refractivity contribution in [2.75, 3.05) is 0 Å². The summed E-state index contributed by atoms with van der Waals surface area (Å²) >= 11 is 0. The van der Waals surface area contributed by atoms with Crippen molar-refractivity contribution in [1.29, 1.82) is 0 Å². The summed E-state index contributed by atoms with van der Waals surface area (Å²) in [7, 11) is -3.62. The smallest absolute Gasteiger partial charge is 0.241 e. The average Bonchev–Trinajstić information content (AvgIpc) is 3.34. The van der Waals surface area contributed by atoms with E-state index in [9.17, 15) is 8.42 Å². The SMILES string of the molecule is Cc1ncc(-c2ccc(C)c(S(=O)(=O)NC3CCC(n4cccn4)CC3)c2)o1. The highest BCUT2D eigenvalue weighted by Gasteiger charge is 2.27. The van der Waals surface area contributed by atoms with Crippen LogP contribution in [0, 0.1) is 13.8 Å². The Balaban J connectivity index is 1.49. The van der Waals surface area contributed by atoms with Crippen molar-refractivity contribution in [3.05, 3.63) is 54.3 Å². The maximum Gasteiger partial charge on any atom is 0.241 e. The van der Waals surface area contributed by atoms with Crippen LogP contribution in [0.3, 0.4) is 0 Å². The molecule has 0 amide bonds. The standard InChI is InChI=1S/C20H24N4O3S/c1-14-4-5-16(19-13-21-15(2)27-19)12-20(14)28(25,26)23-17-6-8-18(9-7-17)24-11-3-10-22-24/h3-5,10-13,17-18,23H,6-9H2,1-2H3. The first-order valence-corrected chi connectivity index (χ1v) is 11.0. The van der Waals surface area contributed by atoms with Crippen molar-refractivity contribution >= 4 is 10.0 Å². The van der Waals surface area contributed by atoms with E-state index in [2.05, 4.69) is 14.8 Å². The van der Waals surface area contributed by atoms with E-state index in [0.717, 1.165) is 25.7 Å². The molecule has 0 radical (unpaired) electrons. The molecule has 7 nitrogen and oxygen atoms in total. The Morgan fingerprint density at radius 1 is 1.18 bits per heavy atom. The van der Waals surface area contributed by atoms with Gasteiger partial charge in [0, 0.05) is 30.9 Å². The van der Waals surface area contributed by atoms with Gasteiger partial charge in [-0.2, -0.15) is 5.10 Å². The molecule has 0 spiro atoms. The predicted molar refractivity (Wildman–Crippen MR) is 105 cm³/mol. The zero-order valence-corrected chi connectivity index (χ0v) is 16.8. The van der Waals surface area contributed by atoms with Gasteiger partial charge in [0.1, 0.15) is 0 Å². The van der Waals surface area contributed by atoms with Gasteiger partial charge in [0.15, 0.2) is 11.7 Å². The topological polar surface area (TPSA) is 90.0 Å². The third-order valence-corrected chi connectivity index (χ3v) is 6.96. The lowest BCUT2D eigenvalue weighted by Crippen LogP contribution is -2.38. The highest BCUT2D eigenvalue weighted by molar-refractivity contribution is 7.89. The molecular weight excluding hydrogens is 376 g/mol. The molecule has 3 aromatic rings. The Morgan fingerprint density at radius 2 is 1.96 bits per heavy atom. The van der Waals surface area contributed by atoms with Crippen molar-refractivity contribution in [3.63, 3.8) is 0 Å². The number of hydrogen-bond acceptors (Lipinski definition) is 5. The number of nitrogens with one attached hydrogen (secondary N) is 1. The van der Waals surface area contributed by atoms with Gasteiger partial charge in [0.25, 0.3) is 0 Å². The molecule has 0 saturated heterocycles. The molecule has 8 heteroatoms. The third-order valence-electron chi connectivity index (χ3n) is 5.30. The Hall–Kier alpha value is -2.45. The monoisotopic (exact) mass is 400 g/mol. The summed E-state index contributed by atoms with van der Waals surface area (Å²) in [6, 6.07) is 7.51. The summed E-state index contributed by atoms with van der Waals surface area (Å²) in [5, 5.41) is 4.30. The number of benzene rings is 1. The minimum Gasteiger partial charge on any atom is -0.441 e. The molecule has 1 aliphatic rings. The normalized spacial score (nSPS) is 20.4. The molecule has 1 aliphatic carbocycles. The maximum absolute atomic E-state index is 13.0. The van der Waals surface area contributed by atoms with Crippen LogP contribution < -0.4 is 4.72 Å². The average molecular weight is 401 g/mol. The quantitative estimate of drug-likeness (QED) is 0.706. The summed E-state index contributed by atoms with van der Waals surface area (Å²) < 4.78 is 36.5. The van der Waals surface area contributed by atoms with Crippen molar-refractivity contribution in [2.45, 2.75) is 56.5 Å². The van der Waals surface area contributed by atoms with E-state index in [1.54, 1.807) is 38.4 Å². The van der Waals surface area contributed by atoms with Gasteiger partial charge in [-0.05, 0) is 50.3 Å². The fraction of sp³-hybridized carbons (Fsp3) is 0.400. The van der Waals surface area contributed by atoms with Gasteiger partial charge in [0.2, 0.25) is 10.0 Å². The molecule has 2 aromatic heterocycles. The lowest BCUT2D eigenvalue weighted by molar-refractivity contribution is 0.293. The molecule has 0 bridgehead atoms. The van der Waals surface area contributed by atoms with Gasteiger partial charge in [-0.1, -0.05) is 12.1 Å². The van der Waals surface area contributed by atoms with E-state index < -0.39 is 10.0 Å². The van der Waals surface area contributed by atoms with Crippen LogP contribution in [0.25, 0.3) is 11.3 Å². The second-order valence-corrected chi connectivity index (χ2v) is 9.02. The third kappa shape index (κ3) is 3.88. The Kier molecular flexibility index (Phi) is 5.07. The highest BCUT2D eigenvalue weighted by atomic mass is 32.2. The number of nitrogens with zero attached hydrogens (tertiary/aromatic N) is 3. The second kappa shape index (κ2) is 7.52. The van der Waals surface area contributed by atoms with Crippen LogP contribution in [-0.4, -0.2) is 29.2 Å². The van der Waals surface area contributed by atoms with Gasteiger partial charge in [-0.15, -0.1) is 0 Å². The molecule has 1 N–H and O–H groups in total. The first-order chi connectivity index (χ1) is 13.4. The summed E-state index contributed by atoms with van der Waals surface area (Å²) in [6.07, 6.45) is 8.76. The molecule has 1 aromatic carbocycles. The predicted octanol–water partition coefficient (Wildman–Crippen LogP) is 3.62. The summed E-state index contributed by atoms with van der Waals surface area (Å²) in [6.45, 7) is 3.56. The van der Waals surface area contributed by atoms with Crippen LogP contribution in [0.4, 0.5) is 0 Å². The fourth-order valence-electron chi connectivity index (χ4n) is 3.78. The van der Waals surface area contributed by atoms with E-state index in [4.69, 9.17) is 4.42 Å². The van der Waals surface area contributed by atoms with E-state index in [-0.39, 0.29) is 10.9 Å². The van der Waals surface area contributed by atoms with Crippen molar-refractivity contribution in [3.8, 4) is 11.3 Å². The summed E-state index contributed by atoms with van der Waals surface area (Å²) in [5.74, 6) is 1.11. The zero-order valence-electron chi connectivity index (χ0n) is 16.0. The lowest BCUT2D eigenvalue weighted by atomic mass is 9.92. The van der Waals surface area contributed by atoms with Gasteiger partial charge in [-0.3, -0.25) is 4.68 Å². The van der Waals surface area contributed by atoms with Crippen molar-refractivity contribution in [2.24, 2.45) is 0 Å². The molecule has 28 heavy (non-hydrogen) atoms. The summed E-state index contributed by atoms with van der Waals surface area (Å²) in [4.78, 5) is 4.38. The van der Waals surface area contributed by atoms with Gasteiger partial charge < -0.3 is 4.42 Å². The lowest BCUT2D eigenvalue weighted by Gasteiger charge is -2.29. The number of sulfonamides is 1. The van der Waals surface area contributed by atoms with Crippen LogP contribution >= 0.6 is 0 Å². The van der Waals surface area contributed by atoms with E-state index in [1.165, 1.54) is 0 Å². The maximum atomic E-state index is 13.0. The number of rotatable bonds is 5. The molecule has 148 valence electrons. The first-order valence-electron chi connectivity index (χ1n) is 9.47. The Bertz CT molecular complexity index is 1050. The van der Waals surface area contributed by atoms with Gasteiger partial charge >= 0.3 is 0 Å². The molecule has 0 atom stereocenters. The van der Waals surface area contributed by atoms with Gasteiger partial charge in [-0.25, -0.2) is 18.1 Å². The van der Waals surface area contributed by atoms with Crippen LogP contribution in [0.5, 0.6) is 0 Å². The number of hydrogen-bond donors (Lipinski definition) is 1. The minimum atomic E-state index is -3.62. The number of aromatic nitrogens is 3. The number of oxazole rings is 1. The van der Waals surface area contributed by atoms with E-state index in [0.29, 0.717) is 28.8 Å². The van der Waals surface area contributed by atoms with E-state index in [1.807, 2.05) is 23.0 Å². The van der Waals surface area contributed by atoms with Crippen molar-refractivity contribution in [1.82, 2.24) is 19.5 Å². The molecule has 0 unspecified atom stereocenters. The zero-order chi connectivity index (χ0) is 19.7. The highest BCUT2D eigenvalue weighted by Crippen LogP contribution is 2.30. The largest absolute Gasteiger partial charge is 0.441 e. The minimum absolute atomic E-state index is 0.0626. The van der Waals surface area contributed by atoms with Crippen LogP contribution in [0.15, 0.2) is 52.2 Å². The first kappa shape index (κ1) is 18.9. The molecule has 2 heterocycles. The molecule has 1 saturated carbocycles. The number of aryl methyl sites for hydroxylation is 2. The van der Waals surface area contributed by atoms with Gasteiger partial charge in [0.05, 0.1) is 17.1 Å². The van der Waals surface area contributed by atoms with Crippen molar-refractivity contribution < 1.29 is 12.8 Å². The molecule has 0 aliphatic heterocycles. The Morgan fingerprint density at radius 3 is 2.61 bits per heavy atom. The molecular formula is C20H24N4O3S. The second-order valence-electron chi connectivity index (χ2n) is 7.34. The molecule has 1 fully saturated rings. The van der Waals surface area contributed by atoms with Crippen LogP contribution in [0.2, 0.25) is 0 Å². The molecule has 4 rings (SSSR count).